The lowest BCUT2D eigenvalue weighted by Gasteiger charge is -2.25. The van der Waals surface area contributed by atoms with Gasteiger partial charge in [0.15, 0.2) is 0 Å². The largest absolute Gasteiger partial charge is 0.480 e. The van der Waals surface area contributed by atoms with Crippen LogP contribution in [0.4, 0.5) is 5.82 Å². The lowest BCUT2D eigenvalue weighted by molar-refractivity contribution is -0.137. The van der Waals surface area contributed by atoms with E-state index >= 15 is 0 Å². The average Bonchev–Trinajstić information content (AvgIpc) is 2.69. The van der Waals surface area contributed by atoms with Crippen molar-refractivity contribution in [3.05, 3.63) is 54.2 Å². The molecule has 1 fully saturated rings. The van der Waals surface area contributed by atoms with Crippen molar-refractivity contribution in [1.29, 1.82) is 0 Å². The fourth-order valence-corrected chi connectivity index (χ4v) is 4.56. The summed E-state index contributed by atoms with van der Waals surface area (Å²) < 4.78 is 26.8. The van der Waals surface area contributed by atoms with Crippen molar-refractivity contribution >= 4 is 21.8 Å². The van der Waals surface area contributed by atoms with Gasteiger partial charge >= 0.3 is 5.97 Å². The monoisotopic (exact) mass is 389 g/mol. The molecule has 0 saturated carbocycles. The molecule has 1 aromatic carbocycles. The summed E-state index contributed by atoms with van der Waals surface area (Å²) in [4.78, 5) is 15.8. The molecule has 27 heavy (non-hydrogen) atoms. The number of carboxylic acids is 1. The summed E-state index contributed by atoms with van der Waals surface area (Å²) in [7, 11) is -3.55. The number of carbonyl (C=O) groups is 1. The van der Waals surface area contributed by atoms with E-state index in [4.69, 9.17) is 0 Å². The van der Waals surface area contributed by atoms with Crippen LogP contribution >= 0.6 is 0 Å². The number of anilines is 1. The predicted molar refractivity (Wildman–Crippen MR) is 102 cm³/mol. The van der Waals surface area contributed by atoms with Crippen LogP contribution in [0, 0.1) is 0 Å². The summed E-state index contributed by atoms with van der Waals surface area (Å²) in [5.41, 5.74) is 0.890. The van der Waals surface area contributed by atoms with Crippen molar-refractivity contribution in [2.45, 2.75) is 36.6 Å². The summed E-state index contributed by atoms with van der Waals surface area (Å²) in [5.74, 6) is -0.665. The lowest BCUT2D eigenvalue weighted by atomic mass is 10.1. The Hall–Kier alpha value is -2.45. The number of nitrogens with one attached hydrogen (secondary N) is 1. The van der Waals surface area contributed by atoms with E-state index in [0.717, 1.165) is 24.8 Å². The van der Waals surface area contributed by atoms with Crippen molar-refractivity contribution in [3.8, 4) is 0 Å². The highest BCUT2D eigenvalue weighted by atomic mass is 32.2. The Kier molecular flexibility index (Phi) is 6.08. The third-order valence-electron chi connectivity index (χ3n) is 4.59. The van der Waals surface area contributed by atoms with Gasteiger partial charge in [-0.05, 0) is 30.5 Å². The number of hydrogen-bond acceptors (Lipinski definition) is 5. The van der Waals surface area contributed by atoms with Crippen LogP contribution in [0.5, 0.6) is 0 Å². The Morgan fingerprint density at radius 1 is 1.11 bits per heavy atom. The van der Waals surface area contributed by atoms with Gasteiger partial charge in [-0.2, -0.15) is 4.31 Å². The second-order valence-corrected chi connectivity index (χ2v) is 8.51. The van der Waals surface area contributed by atoms with E-state index in [-0.39, 0.29) is 4.90 Å². The van der Waals surface area contributed by atoms with Crippen LogP contribution in [0.3, 0.4) is 0 Å². The molecule has 0 spiro atoms. The number of hydrogen-bond donors (Lipinski definition) is 2. The van der Waals surface area contributed by atoms with Crippen molar-refractivity contribution < 1.29 is 18.3 Å². The van der Waals surface area contributed by atoms with Crippen LogP contribution < -0.4 is 5.32 Å². The number of piperidine rings is 1. The summed E-state index contributed by atoms with van der Waals surface area (Å²) in [6.45, 7) is 1.06. The fourth-order valence-electron chi connectivity index (χ4n) is 3.10. The molecule has 1 aliphatic rings. The smallest absolute Gasteiger partial charge is 0.326 e. The van der Waals surface area contributed by atoms with E-state index in [1.54, 1.807) is 0 Å². The van der Waals surface area contributed by atoms with Gasteiger partial charge in [-0.1, -0.05) is 36.8 Å². The maximum Gasteiger partial charge on any atom is 0.326 e. The van der Waals surface area contributed by atoms with Gasteiger partial charge in [0.1, 0.15) is 16.8 Å². The van der Waals surface area contributed by atoms with Gasteiger partial charge in [-0.15, -0.1) is 0 Å². The van der Waals surface area contributed by atoms with Crippen molar-refractivity contribution in [2.75, 3.05) is 18.4 Å². The minimum atomic E-state index is -3.55. The number of aliphatic carboxylic acids is 1. The van der Waals surface area contributed by atoms with Gasteiger partial charge in [-0.3, -0.25) is 0 Å². The maximum atomic E-state index is 12.6. The first-order chi connectivity index (χ1) is 13.0. The van der Waals surface area contributed by atoms with Gasteiger partial charge in [0.25, 0.3) is 0 Å². The van der Waals surface area contributed by atoms with E-state index in [9.17, 15) is 18.3 Å². The summed E-state index contributed by atoms with van der Waals surface area (Å²) in [6, 6.07) is 11.4. The molecule has 0 radical (unpaired) electrons. The highest BCUT2D eigenvalue weighted by molar-refractivity contribution is 7.89. The molecule has 2 heterocycles. The molecule has 2 N–H and O–H groups in total. The molecule has 8 heteroatoms. The Morgan fingerprint density at radius 2 is 1.81 bits per heavy atom. The molecule has 0 bridgehead atoms. The van der Waals surface area contributed by atoms with Crippen molar-refractivity contribution in [1.82, 2.24) is 9.29 Å². The van der Waals surface area contributed by atoms with E-state index in [1.807, 2.05) is 30.3 Å². The standard InChI is InChI=1S/C19H23N3O4S/c23-19(24)17(13-15-7-3-1-4-8-15)21-18-10-9-16(14-20-18)27(25,26)22-11-5-2-6-12-22/h1,3-4,7-10,14,17H,2,5-6,11-13H2,(H,20,21)(H,23,24)/t17-/m1/s1. The number of rotatable bonds is 7. The first-order valence-electron chi connectivity index (χ1n) is 8.96. The predicted octanol–water partition coefficient (Wildman–Crippen LogP) is 2.36. The maximum absolute atomic E-state index is 12.6. The summed E-state index contributed by atoms with van der Waals surface area (Å²) in [6.07, 6.45) is 4.36. The van der Waals surface area contributed by atoms with Crippen LogP contribution in [0.25, 0.3) is 0 Å². The van der Waals surface area contributed by atoms with Crippen LogP contribution in [-0.2, 0) is 21.2 Å². The van der Waals surface area contributed by atoms with Gasteiger partial charge in [0.05, 0.1) is 0 Å². The van der Waals surface area contributed by atoms with E-state index in [0.29, 0.717) is 25.3 Å². The van der Waals surface area contributed by atoms with Crippen LogP contribution in [-0.4, -0.2) is 47.9 Å². The zero-order valence-corrected chi connectivity index (χ0v) is 15.7. The first kappa shape index (κ1) is 19.3. The highest BCUT2D eigenvalue weighted by Crippen LogP contribution is 2.21. The SMILES string of the molecule is O=C(O)[C@@H](Cc1ccccc1)Nc1ccc(S(=O)(=O)N2CCCCC2)cn1. The average molecular weight is 389 g/mol. The van der Waals surface area contributed by atoms with Crippen molar-refractivity contribution in [2.24, 2.45) is 0 Å². The Balaban J connectivity index is 1.71. The molecule has 0 amide bonds. The molecule has 0 aliphatic carbocycles. The van der Waals surface area contributed by atoms with Gasteiger partial charge < -0.3 is 10.4 Å². The number of sulfonamides is 1. The number of pyridine rings is 1. The minimum absolute atomic E-state index is 0.130. The Bertz CT molecular complexity index is 864. The summed E-state index contributed by atoms with van der Waals surface area (Å²) >= 11 is 0. The molecule has 2 aromatic rings. The van der Waals surface area contributed by atoms with Crippen LogP contribution in [0.1, 0.15) is 24.8 Å². The molecule has 1 aromatic heterocycles. The van der Waals surface area contributed by atoms with E-state index < -0.39 is 22.0 Å². The highest BCUT2D eigenvalue weighted by Gasteiger charge is 2.26. The topological polar surface area (TPSA) is 99.6 Å². The molecule has 1 aliphatic heterocycles. The molecule has 3 rings (SSSR count). The molecule has 7 nitrogen and oxygen atoms in total. The molecular formula is C19H23N3O4S. The van der Waals surface area contributed by atoms with E-state index in [1.165, 1.54) is 22.6 Å². The molecular weight excluding hydrogens is 366 g/mol. The molecule has 0 unspecified atom stereocenters. The molecule has 1 atom stereocenters. The normalized spacial score (nSPS) is 16.6. The quantitative estimate of drug-likeness (QED) is 0.754. The zero-order chi connectivity index (χ0) is 19.3. The molecule has 144 valence electrons. The Labute approximate surface area is 159 Å². The van der Waals surface area contributed by atoms with Crippen LogP contribution in [0.2, 0.25) is 0 Å². The summed E-state index contributed by atoms with van der Waals surface area (Å²) in [5, 5.41) is 12.3. The lowest BCUT2D eigenvalue weighted by Crippen LogP contribution is -2.35. The minimum Gasteiger partial charge on any atom is -0.480 e. The Morgan fingerprint density at radius 3 is 2.41 bits per heavy atom. The number of nitrogens with zero attached hydrogens (tertiary/aromatic N) is 2. The van der Waals surface area contributed by atoms with E-state index in [2.05, 4.69) is 10.3 Å². The second-order valence-electron chi connectivity index (χ2n) is 6.57. The van der Waals surface area contributed by atoms with Crippen LogP contribution in [0.15, 0.2) is 53.6 Å². The second kappa shape index (κ2) is 8.49. The zero-order valence-electron chi connectivity index (χ0n) is 14.9. The first-order valence-corrected chi connectivity index (χ1v) is 10.4. The van der Waals surface area contributed by atoms with Gasteiger partial charge in [0.2, 0.25) is 10.0 Å². The third-order valence-corrected chi connectivity index (χ3v) is 6.47. The van der Waals surface area contributed by atoms with Gasteiger partial charge in [-0.25, -0.2) is 18.2 Å². The van der Waals surface area contributed by atoms with Crippen molar-refractivity contribution in [3.63, 3.8) is 0 Å². The number of carboxylic acid groups (broad SMARTS) is 1. The number of aromatic nitrogens is 1. The molecule has 1 saturated heterocycles. The number of benzene rings is 1. The fraction of sp³-hybridized carbons (Fsp3) is 0.368. The van der Waals surface area contributed by atoms with Gasteiger partial charge in [0, 0.05) is 25.7 Å². The third kappa shape index (κ3) is 4.84.